The molecule has 0 aromatic heterocycles. The average Bonchev–Trinajstić information content (AvgIpc) is 2.38. The second kappa shape index (κ2) is 6.11. The van der Waals surface area contributed by atoms with Crippen LogP contribution in [0.25, 0.3) is 0 Å². The highest BCUT2D eigenvalue weighted by molar-refractivity contribution is 7.89. The zero-order chi connectivity index (χ0) is 14.8. The summed E-state index contributed by atoms with van der Waals surface area (Å²) in [5, 5.41) is 5.18. The van der Waals surface area contributed by atoms with E-state index in [9.17, 15) is 8.42 Å². The summed E-state index contributed by atoms with van der Waals surface area (Å²) in [5.41, 5.74) is 0.864. The van der Waals surface area contributed by atoms with Crippen LogP contribution < -0.4 is 9.88 Å². The fourth-order valence-corrected chi connectivity index (χ4v) is 2.78. The summed E-state index contributed by atoms with van der Waals surface area (Å²) in [6.45, 7) is 5.41. The summed E-state index contributed by atoms with van der Waals surface area (Å²) in [5.74, 6) is 0.894. The third-order valence-corrected chi connectivity index (χ3v) is 4.30. The van der Waals surface area contributed by atoms with Gasteiger partial charge in [0.2, 0.25) is 10.0 Å². The molecule has 1 fully saturated rings. The van der Waals surface area contributed by atoms with Gasteiger partial charge in [0, 0.05) is 12.8 Å². The van der Waals surface area contributed by atoms with Crippen LogP contribution in [0.1, 0.15) is 38.2 Å². The van der Waals surface area contributed by atoms with E-state index in [2.05, 4.69) is 0 Å². The predicted molar refractivity (Wildman–Crippen MR) is 76.4 cm³/mol. The maximum absolute atomic E-state index is 11.4. The van der Waals surface area contributed by atoms with Gasteiger partial charge < -0.3 is 9.47 Å². The van der Waals surface area contributed by atoms with E-state index in [0.717, 1.165) is 24.2 Å². The van der Waals surface area contributed by atoms with Crippen molar-refractivity contribution in [3.8, 4) is 5.75 Å². The highest BCUT2D eigenvalue weighted by atomic mass is 32.2. The van der Waals surface area contributed by atoms with Crippen LogP contribution in [0.5, 0.6) is 5.75 Å². The minimum absolute atomic E-state index is 0.125. The predicted octanol–water partition coefficient (Wildman–Crippen LogP) is 2.02. The molecule has 0 saturated carbocycles. The highest BCUT2D eigenvalue weighted by Crippen LogP contribution is 2.30. The van der Waals surface area contributed by atoms with E-state index in [1.807, 2.05) is 13.8 Å². The monoisotopic (exact) mass is 299 g/mol. The SMILES string of the molecule is CC(C)c1cc(S(N)(=O)=O)ccc1OC1CCOCC1. The van der Waals surface area contributed by atoms with Crippen LogP contribution in [0, 0.1) is 0 Å². The van der Waals surface area contributed by atoms with Crippen LogP contribution >= 0.6 is 0 Å². The van der Waals surface area contributed by atoms with Crippen molar-refractivity contribution in [1.29, 1.82) is 0 Å². The van der Waals surface area contributed by atoms with Gasteiger partial charge in [0.05, 0.1) is 18.1 Å². The minimum atomic E-state index is -3.68. The molecule has 1 saturated heterocycles. The number of sulfonamides is 1. The average molecular weight is 299 g/mol. The van der Waals surface area contributed by atoms with E-state index >= 15 is 0 Å². The first-order valence-corrected chi connectivity index (χ1v) is 8.33. The van der Waals surface area contributed by atoms with Crippen molar-refractivity contribution in [3.05, 3.63) is 23.8 Å². The molecule has 2 N–H and O–H groups in total. The largest absolute Gasteiger partial charge is 0.490 e. The summed E-state index contributed by atoms with van der Waals surface area (Å²) >= 11 is 0. The maximum atomic E-state index is 11.4. The number of rotatable bonds is 4. The summed E-state index contributed by atoms with van der Waals surface area (Å²) in [7, 11) is -3.68. The molecule has 0 aliphatic carbocycles. The topological polar surface area (TPSA) is 78.6 Å². The molecule has 0 radical (unpaired) electrons. The Balaban J connectivity index is 2.28. The molecule has 0 amide bonds. The Hall–Kier alpha value is -1.11. The molecule has 6 heteroatoms. The van der Waals surface area contributed by atoms with E-state index < -0.39 is 10.0 Å². The molecule has 20 heavy (non-hydrogen) atoms. The van der Waals surface area contributed by atoms with Gasteiger partial charge in [-0.2, -0.15) is 0 Å². The van der Waals surface area contributed by atoms with E-state index in [0.29, 0.717) is 13.2 Å². The van der Waals surface area contributed by atoms with Crippen molar-refractivity contribution in [3.63, 3.8) is 0 Å². The number of benzene rings is 1. The Labute approximate surface area is 120 Å². The van der Waals surface area contributed by atoms with Crippen LogP contribution in [0.2, 0.25) is 0 Å². The van der Waals surface area contributed by atoms with Gasteiger partial charge in [-0.3, -0.25) is 0 Å². The fourth-order valence-electron chi connectivity index (χ4n) is 2.24. The van der Waals surface area contributed by atoms with Gasteiger partial charge in [-0.05, 0) is 29.7 Å². The van der Waals surface area contributed by atoms with Gasteiger partial charge in [-0.15, -0.1) is 0 Å². The lowest BCUT2D eigenvalue weighted by Crippen LogP contribution is -2.26. The second-order valence-electron chi connectivity index (χ2n) is 5.33. The molecule has 0 bridgehead atoms. The van der Waals surface area contributed by atoms with Crippen LogP contribution in [-0.2, 0) is 14.8 Å². The van der Waals surface area contributed by atoms with E-state index in [4.69, 9.17) is 14.6 Å². The van der Waals surface area contributed by atoms with E-state index in [-0.39, 0.29) is 16.9 Å². The highest BCUT2D eigenvalue weighted by Gasteiger charge is 2.19. The molecule has 1 aromatic carbocycles. The second-order valence-corrected chi connectivity index (χ2v) is 6.89. The van der Waals surface area contributed by atoms with Gasteiger partial charge in [-0.25, -0.2) is 13.6 Å². The molecule has 0 spiro atoms. The molecule has 1 aromatic rings. The minimum Gasteiger partial charge on any atom is -0.490 e. The lowest BCUT2D eigenvalue weighted by Gasteiger charge is -2.25. The van der Waals surface area contributed by atoms with Crippen molar-refractivity contribution < 1.29 is 17.9 Å². The molecule has 1 aliphatic rings. The summed E-state index contributed by atoms with van der Waals surface area (Å²) in [6.07, 6.45) is 1.84. The maximum Gasteiger partial charge on any atom is 0.238 e. The van der Waals surface area contributed by atoms with Gasteiger partial charge >= 0.3 is 0 Å². The zero-order valence-corrected chi connectivity index (χ0v) is 12.7. The van der Waals surface area contributed by atoms with Crippen LogP contribution in [0.3, 0.4) is 0 Å². The molecule has 5 nitrogen and oxygen atoms in total. The molecule has 112 valence electrons. The summed E-state index contributed by atoms with van der Waals surface area (Å²) in [6, 6.07) is 4.80. The summed E-state index contributed by atoms with van der Waals surface area (Å²) < 4.78 is 34.2. The van der Waals surface area contributed by atoms with Gasteiger partial charge in [0.1, 0.15) is 11.9 Å². The number of primary sulfonamides is 1. The van der Waals surface area contributed by atoms with Crippen LogP contribution in [-0.4, -0.2) is 27.7 Å². The van der Waals surface area contributed by atoms with Crippen molar-refractivity contribution in [2.45, 2.75) is 43.6 Å². The van der Waals surface area contributed by atoms with E-state index in [1.54, 1.807) is 12.1 Å². The van der Waals surface area contributed by atoms with Crippen molar-refractivity contribution in [2.24, 2.45) is 5.14 Å². The first kappa shape index (κ1) is 15.3. The first-order chi connectivity index (χ1) is 9.38. The quantitative estimate of drug-likeness (QED) is 0.922. The Bertz CT molecular complexity index is 563. The number of ether oxygens (including phenoxy) is 2. The lowest BCUT2D eigenvalue weighted by molar-refractivity contribution is 0.0251. The Morgan fingerprint density at radius 3 is 2.50 bits per heavy atom. The molecule has 1 aliphatic heterocycles. The van der Waals surface area contributed by atoms with Crippen molar-refractivity contribution >= 4 is 10.0 Å². The normalized spacial score (nSPS) is 17.4. The number of hydrogen-bond donors (Lipinski definition) is 1. The zero-order valence-electron chi connectivity index (χ0n) is 11.8. The van der Waals surface area contributed by atoms with Crippen LogP contribution in [0.4, 0.5) is 0 Å². The standard InChI is InChI=1S/C14H21NO4S/c1-10(2)13-9-12(20(15,16)17)3-4-14(13)19-11-5-7-18-8-6-11/h3-4,9-11H,5-8H2,1-2H3,(H2,15,16,17). The molecule has 2 rings (SSSR count). The van der Waals surface area contributed by atoms with Gasteiger partial charge in [-0.1, -0.05) is 13.8 Å². The number of hydrogen-bond acceptors (Lipinski definition) is 4. The lowest BCUT2D eigenvalue weighted by atomic mass is 10.0. The first-order valence-electron chi connectivity index (χ1n) is 6.79. The van der Waals surface area contributed by atoms with Crippen molar-refractivity contribution in [1.82, 2.24) is 0 Å². The third-order valence-electron chi connectivity index (χ3n) is 3.39. The fraction of sp³-hybridized carbons (Fsp3) is 0.571. The van der Waals surface area contributed by atoms with Gasteiger partial charge in [0.25, 0.3) is 0 Å². The Morgan fingerprint density at radius 1 is 1.30 bits per heavy atom. The van der Waals surface area contributed by atoms with Gasteiger partial charge in [0.15, 0.2) is 0 Å². The number of nitrogens with two attached hydrogens (primary N) is 1. The molecular weight excluding hydrogens is 278 g/mol. The van der Waals surface area contributed by atoms with E-state index in [1.165, 1.54) is 6.07 Å². The Morgan fingerprint density at radius 2 is 1.95 bits per heavy atom. The molecule has 1 heterocycles. The van der Waals surface area contributed by atoms with Crippen LogP contribution in [0.15, 0.2) is 23.1 Å². The van der Waals surface area contributed by atoms with Crippen molar-refractivity contribution in [2.75, 3.05) is 13.2 Å². The third kappa shape index (κ3) is 3.71. The Kier molecular flexibility index (Phi) is 4.67. The molecule has 0 unspecified atom stereocenters. The smallest absolute Gasteiger partial charge is 0.238 e. The molecule has 0 atom stereocenters. The summed E-state index contributed by atoms with van der Waals surface area (Å²) in [4.78, 5) is 0.125. The molecular formula is C14H21NO4S.